The van der Waals surface area contributed by atoms with Crippen LogP contribution in [0.15, 0.2) is 0 Å². The van der Waals surface area contributed by atoms with Gasteiger partial charge in [0.2, 0.25) is 0 Å². The third kappa shape index (κ3) is 2.46. The van der Waals surface area contributed by atoms with E-state index in [2.05, 4.69) is 31.0 Å². The van der Waals surface area contributed by atoms with Crippen LogP contribution in [0.2, 0.25) is 0 Å². The Balaban J connectivity index is 2.30. The molecule has 1 heterocycles. The van der Waals surface area contributed by atoms with Crippen LogP contribution in [0.3, 0.4) is 0 Å². The van der Waals surface area contributed by atoms with Crippen LogP contribution >= 0.6 is 0 Å². The van der Waals surface area contributed by atoms with E-state index in [4.69, 9.17) is 0 Å². The van der Waals surface area contributed by atoms with Gasteiger partial charge in [0.1, 0.15) is 0 Å². The van der Waals surface area contributed by atoms with E-state index in [1.54, 1.807) is 0 Å². The van der Waals surface area contributed by atoms with E-state index in [1.807, 2.05) is 0 Å². The fourth-order valence-electron chi connectivity index (χ4n) is 1.80. The molecular weight excluding hydrogens is 148 g/mol. The summed E-state index contributed by atoms with van der Waals surface area (Å²) in [5.74, 6) is 0. The van der Waals surface area contributed by atoms with Crippen molar-refractivity contribution in [3.05, 3.63) is 0 Å². The number of nitrogens with one attached hydrogen (secondary N) is 1. The lowest BCUT2D eigenvalue weighted by Gasteiger charge is -2.38. The van der Waals surface area contributed by atoms with Gasteiger partial charge in [-0.1, -0.05) is 13.3 Å². The van der Waals surface area contributed by atoms with E-state index < -0.39 is 0 Å². The Hall–Kier alpha value is -0.0800. The van der Waals surface area contributed by atoms with Gasteiger partial charge in [-0.15, -0.1) is 0 Å². The van der Waals surface area contributed by atoms with Crippen molar-refractivity contribution in [3.8, 4) is 0 Å². The molecule has 2 atom stereocenters. The number of hydrogen-bond donors (Lipinski definition) is 1. The summed E-state index contributed by atoms with van der Waals surface area (Å²) in [6, 6.07) is 1.38. The topological polar surface area (TPSA) is 15.3 Å². The van der Waals surface area contributed by atoms with Crippen molar-refractivity contribution in [2.75, 3.05) is 19.6 Å². The maximum absolute atomic E-state index is 3.50. The third-order valence-corrected chi connectivity index (χ3v) is 2.96. The molecule has 1 rings (SSSR count). The van der Waals surface area contributed by atoms with Gasteiger partial charge in [-0.3, -0.25) is 4.90 Å². The first kappa shape index (κ1) is 10.0. The van der Waals surface area contributed by atoms with E-state index in [0.717, 1.165) is 6.54 Å². The molecule has 12 heavy (non-hydrogen) atoms. The zero-order valence-electron chi connectivity index (χ0n) is 8.64. The number of hydrogen-bond acceptors (Lipinski definition) is 2. The monoisotopic (exact) mass is 170 g/mol. The van der Waals surface area contributed by atoms with Gasteiger partial charge in [-0.2, -0.15) is 0 Å². The van der Waals surface area contributed by atoms with Crippen LogP contribution in [-0.4, -0.2) is 36.6 Å². The normalized spacial score (nSPS) is 32.2. The molecule has 2 heteroatoms. The van der Waals surface area contributed by atoms with Gasteiger partial charge >= 0.3 is 0 Å². The second kappa shape index (κ2) is 4.83. The second-order valence-electron chi connectivity index (χ2n) is 3.87. The Bertz CT molecular complexity index is 125. The van der Waals surface area contributed by atoms with Crippen molar-refractivity contribution < 1.29 is 0 Å². The first-order valence-electron chi connectivity index (χ1n) is 5.23. The lowest BCUT2D eigenvalue weighted by Crippen LogP contribution is -2.55. The smallest absolute Gasteiger partial charge is 0.0218 e. The molecule has 1 aliphatic rings. The fourth-order valence-corrected chi connectivity index (χ4v) is 1.80. The van der Waals surface area contributed by atoms with Crippen LogP contribution in [-0.2, 0) is 0 Å². The highest BCUT2D eigenvalue weighted by molar-refractivity contribution is 4.82. The van der Waals surface area contributed by atoms with Crippen LogP contribution in [0.1, 0.15) is 33.6 Å². The van der Waals surface area contributed by atoms with Gasteiger partial charge in [0, 0.05) is 25.2 Å². The molecule has 72 valence electrons. The number of rotatable bonds is 3. The van der Waals surface area contributed by atoms with Crippen molar-refractivity contribution in [2.24, 2.45) is 0 Å². The summed E-state index contributed by atoms with van der Waals surface area (Å²) in [5.41, 5.74) is 0. The summed E-state index contributed by atoms with van der Waals surface area (Å²) in [6.07, 6.45) is 2.65. The van der Waals surface area contributed by atoms with Crippen LogP contribution in [0, 0.1) is 0 Å². The zero-order chi connectivity index (χ0) is 8.97. The van der Waals surface area contributed by atoms with Gasteiger partial charge in [-0.05, 0) is 26.8 Å². The standard InChI is InChI=1S/C10H22N2/c1-4-5-7-12-8-6-11-9(2)10(12)3/h9-11H,4-8H2,1-3H3. The van der Waals surface area contributed by atoms with E-state index in [0.29, 0.717) is 12.1 Å². The molecule has 0 aromatic heterocycles. The Morgan fingerprint density at radius 3 is 2.83 bits per heavy atom. The minimum Gasteiger partial charge on any atom is -0.311 e. The first-order chi connectivity index (χ1) is 5.75. The van der Waals surface area contributed by atoms with Gasteiger partial charge in [-0.25, -0.2) is 0 Å². The first-order valence-corrected chi connectivity index (χ1v) is 5.23. The highest BCUT2D eigenvalue weighted by atomic mass is 15.2. The fraction of sp³-hybridized carbons (Fsp3) is 1.00. The summed E-state index contributed by atoms with van der Waals surface area (Å²) in [6.45, 7) is 10.5. The summed E-state index contributed by atoms with van der Waals surface area (Å²) >= 11 is 0. The molecule has 2 unspecified atom stereocenters. The van der Waals surface area contributed by atoms with Crippen molar-refractivity contribution in [3.63, 3.8) is 0 Å². The highest BCUT2D eigenvalue weighted by Gasteiger charge is 2.22. The van der Waals surface area contributed by atoms with Crippen LogP contribution in [0.25, 0.3) is 0 Å². The molecule has 2 nitrogen and oxygen atoms in total. The number of nitrogens with zero attached hydrogens (tertiary/aromatic N) is 1. The predicted octanol–water partition coefficient (Wildman–Crippen LogP) is 1.47. The van der Waals surface area contributed by atoms with Crippen molar-refractivity contribution in [2.45, 2.75) is 45.7 Å². The van der Waals surface area contributed by atoms with Gasteiger partial charge in [0.05, 0.1) is 0 Å². The molecule has 1 fully saturated rings. The molecule has 1 N–H and O–H groups in total. The van der Waals surface area contributed by atoms with Crippen LogP contribution in [0.4, 0.5) is 0 Å². The number of piperazine rings is 1. The Labute approximate surface area is 76.3 Å². The zero-order valence-corrected chi connectivity index (χ0v) is 8.64. The number of unbranched alkanes of at least 4 members (excludes halogenated alkanes) is 1. The van der Waals surface area contributed by atoms with E-state index >= 15 is 0 Å². The molecule has 0 aromatic rings. The minimum absolute atomic E-state index is 0.663. The average molecular weight is 170 g/mol. The molecule has 0 bridgehead atoms. The Kier molecular flexibility index (Phi) is 4.02. The average Bonchev–Trinajstić information content (AvgIpc) is 2.08. The maximum atomic E-state index is 3.50. The Morgan fingerprint density at radius 2 is 2.17 bits per heavy atom. The molecule has 0 radical (unpaired) electrons. The SMILES string of the molecule is CCCCN1CCNC(C)C1C. The molecule has 0 aromatic carbocycles. The molecule has 1 saturated heterocycles. The summed E-state index contributed by atoms with van der Waals surface area (Å²) in [4.78, 5) is 2.60. The Morgan fingerprint density at radius 1 is 1.42 bits per heavy atom. The maximum Gasteiger partial charge on any atom is 0.0218 e. The molecule has 0 saturated carbocycles. The highest BCUT2D eigenvalue weighted by Crippen LogP contribution is 2.09. The summed E-state index contributed by atoms with van der Waals surface area (Å²) in [5, 5.41) is 3.50. The lowest BCUT2D eigenvalue weighted by molar-refractivity contribution is 0.136. The van der Waals surface area contributed by atoms with Crippen molar-refractivity contribution >= 4 is 0 Å². The molecule has 0 amide bonds. The minimum atomic E-state index is 0.663. The van der Waals surface area contributed by atoms with Crippen LogP contribution < -0.4 is 5.32 Å². The van der Waals surface area contributed by atoms with Crippen LogP contribution in [0.5, 0.6) is 0 Å². The van der Waals surface area contributed by atoms with Crippen molar-refractivity contribution in [1.82, 2.24) is 10.2 Å². The summed E-state index contributed by atoms with van der Waals surface area (Å²) in [7, 11) is 0. The van der Waals surface area contributed by atoms with E-state index in [1.165, 1.54) is 25.9 Å². The molecular formula is C10H22N2. The second-order valence-corrected chi connectivity index (χ2v) is 3.87. The van der Waals surface area contributed by atoms with Gasteiger partial charge in [0.15, 0.2) is 0 Å². The molecule has 0 spiro atoms. The van der Waals surface area contributed by atoms with Gasteiger partial charge < -0.3 is 5.32 Å². The van der Waals surface area contributed by atoms with E-state index in [-0.39, 0.29) is 0 Å². The molecule has 0 aliphatic carbocycles. The predicted molar refractivity (Wildman–Crippen MR) is 53.4 cm³/mol. The van der Waals surface area contributed by atoms with Crippen molar-refractivity contribution in [1.29, 1.82) is 0 Å². The largest absolute Gasteiger partial charge is 0.311 e. The third-order valence-electron chi connectivity index (χ3n) is 2.96. The quantitative estimate of drug-likeness (QED) is 0.690. The summed E-state index contributed by atoms with van der Waals surface area (Å²) < 4.78 is 0. The van der Waals surface area contributed by atoms with E-state index in [9.17, 15) is 0 Å². The van der Waals surface area contributed by atoms with Gasteiger partial charge in [0.25, 0.3) is 0 Å². The lowest BCUT2D eigenvalue weighted by atomic mass is 10.1. The molecule has 1 aliphatic heterocycles.